The zero-order valence-electron chi connectivity index (χ0n) is 11.2. The van der Waals surface area contributed by atoms with Gasteiger partial charge in [0.2, 0.25) is 0 Å². The van der Waals surface area contributed by atoms with Crippen LogP contribution in [0.2, 0.25) is 0 Å². The van der Waals surface area contributed by atoms with Crippen LogP contribution in [0.3, 0.4) is 0 Å². The summed E-state index contributed by atoms with van der Waals surface area (Å²) in [6, 6.07) is 15.3. The summed E-state index contributed by atoms with van der Waals surface area (Å²) in [4.78, 5) is 0. The lowest BCUT2D eigenvalue weighted by Gasteiger charge is -2.22. The summed E-state index contributed by atoms with van der Waals surface area (Å²) in [6.45, 7) is 2.02. The quantitative estimate of drug-likeness (QED) is 0.785. The Balaban J connectivity index is 2.19. The van der Waals surface area contributed by atoms with E-state index in [4.69, 9.17) is 9.05 Å². The molecule has 20 heavy (non-hydrogen) atoms. The van der Waals surface area contributed by atoms with Crippen LogP contribution in [0.4, 0.5) is 0 Å². The molecule has 1 heterocycles. The monoisotopic (exact) mass is 287 g/mol. The van der Waals surface area contributed by atoms with Gasteiger partial charge in [0.15, 0.2) is 0 Å². The van der Waals surface area contributed by atoms with Crippen molar-refractivity contribution in [1.82, 2.24) is 0 Å². The Hall–Kier alpha value is -1.90. The van der Waals surface area contributed by atoms with Crippen molar-refractivity contribution in [2.24, 2.45) is 4.76 Å². The van der Waals surface area contributed by atoms with Crippen molar-refractivity contribution in [2.45, 2.75) is 6.92 Å². The van der Waals surface area contributed by atoms with Gasteiger partial charge in [-0.15, -0.1) is 0 Å². The molecule has 4 nitrogen and oxygen atoms in total. The third kappa shape index (κ3) is 2.28. The van der Waals surface area contributed by atoms with Crippen LogP contribution in [0.1, 0.15) is 16.7 Å². The second kappa shape index (κ2) is 4.89. The van der Waals surface area contributed by atoms with Gasteiger partial charge in [0.05, 0.1) is 5.71 Å². The number of hydrogen-bond acceptors (Lipinski definition) is 3. The van der Waals surface area contributed by atoms with E-state index >= 15 is 0 Å². The van der Waals surface area contributed by atoms with Crippen molar-refractivity contribution in [3.05, 3.63) is 65.2 Å². The first kappa shape index (κ1) is 13.1. The normalized spacial score (nSPS) is 20.8. The average molecular weight is 287 g/mol. The van der Waals surface area contributed by atoms with E-state index in [0.717, 1.165) is 16.7 Å². The van der Waals surface area contributed by atoms with Gasteiger partial charge < -0.3 is 4.52 Å². The van der Waals surface area contributed by atoms with E-state index in [-0.39, 0.29) is 0 Å². The lowest BCUT2D eigenvalue weighted by atomic mass is 10.0. The van der Waals surface area contributed by atoms with Crippen molar-refractivity contribution < 1.29 is 13.6 Å². The van der Waals surface area contributed by atoms with E-state index < -0.39 is 7.75 Å². The lowest BCUT2D eigenvalue weighted by Crippen LogP contribution is -2.12. The van der Waals surface area contributed by atoms with Gasteiger partial charge in [0, 0.05) is 18.2 Å². The van der Waals surface area contributed by atoms with Crippen LogP contribution >= 0.6 is 7.75 Å². The molecule has 3 rings (SSSR count). The Kier molecular flexibility index (Phi) is 3.20. The van der Waals surface area contributed by atoms with Gasteiger partial charge >= 0.3 is 7.75 Å². The molecule has 0 aliphatic carbocycles. The van der Waals surface area contributed by atoms with Crippen LogP contribution in [0.25, 0.3) is 0 Å². The predicted octanol–water partition coefficient (Wildman–Crippen LogP) is 3.98. The maximum Gasteiger partial charge on any atom is 0.508 e. The maximum atomic E-state index is 12.4. The first-order valence-electron chi connectivity index (χ1n) is 6.23. The zero-order chi connectivity index (χ0) is 14.2. The average Bonchev–Trinajstić information content (AvgIpc) is 2.47. The summed E-state index contributed by atoms with van der Waals surface area (Å²) >= 11 is 0. The van der Waals surface area contributed by atoms with E-state index in [1.165, 1.54) is 7.11 Å². The number of hydrogen-bond donors (Lipinski definition) is 0. The van der Waals surface area contributed by atoms with Gasteiger partial charge in [0.1, 0.15) is 5.75 Å². The molecule has 0 spiro atoms. The van der Waals surface area contributed by atoms with Gasteiger partial charge in [-0.3, -0.25) is 4.52 Å². The minimum absolute atomic E-state index is 0.531. The molecule has 5 heteroatoms. The van der Waals surface area contributed by atoms with Crippen molar-refractivity contribution in [1.29, 1.82) is 0 Å². The van der Waals surface area contributed by atoms with Gasteiger partial charge in [-0.05, 0) is 19.1 Å². The molecule has 0 saturated carbocycles. The first-order valence-corrected chi connectivity index (χ1v) is 7.73. The molecule has 1 atom stereocenters. The molecule has 0 bridgehead atoms. The smallest absolute Gasteiger partial charge is 0.407 e. The zero-order valence-corrected chi connectivity index (χ0v) is 12.1. The molecule has 102 valence electrons. The van der Waals surface area contributed by atoms with Crippen molar-refractivity contribution >= 4 is 13.5 Å². The second-order valence-electron chi connectivity index (χ2n) is 4.55. The Labute approximate surface area is 117 Å². The Morgan fingerprint density at radius 1 is 1.10 bits per heavy atom. The molecule has 0 N–H and O–H groups in total. The van der Waals surface area contributed by atoms with Crippen LogP contribution < -0.4 is 4.52 Å². The molecule has 0 saturated heterocycles. The van der Waals surface area contributed by atoms with Gasteiger partial charge in [-0.2, -0.15) is 4.76 Å². The highest BCUT2D eigenvalue weighted by Crippen LogP contribution is 2.53. The number of fused-ring (bicyclic) bond motifs is 1. The highest BCUT2D eigenvalue weighted by Gasteiger charge is 2.32. The van der Waals surface area contributed by atoms with Crippen LogP contribution in [0, 0.1) is 6.92 Å². The first-order chi connectivity index (χ1) is 9.61. The van der Waals surface area contributed by atoms with Gasteiger partial charge in [-0.1, -0.05) is 42.0 Å². The van der Waals surface area contributed by atoms with Crippen LogP contribution in [0.15, 0.2) is 53.3 Å². The van der Waals surface area contributed by atoms with Gasteiger partial charge in [0.25, 0.3) is 0 Å². The van der Waals surface area contributed by atoms with Crippen LogP contribution in [-0.4, -0.2) is 12.8 Å². The Morgan fingerprint density at radius 3 is 2.50 bits per heavy atom. The third-order valence-electron chi connectivity index (χ3n) is 3.13. The Morgan fingerprint density at radius 2 is 1.80 bits per heavy atom. The largest absolute Gasteiger partial charge is 0.508 e. The maximum absolute atomic E-state index is 12.4. The van der Waals surface area contributed by atoms with Crippen LogP contribution in [-0.2, 0) is 9.09 Å². The summed E-state index contributed by atoms with van der Waals surface area (Å²) in [5.41, 5.74) is 3.50. The number of benzene rings is 2. The summed E-state index contributed by atoms with van der Waals surface area (Å²) in [5.74, 6) is 0.531. The fraction of sp³-hybridized carbons (Fsp3) is 0.133. The summed E-state index contributed by atoms with van der Waals surface area (Å²) in [7, 11) is -2.13. The molecule has 0 radical (unpaired) electrons. The number of nitrogens with zero attached hydrogens (tertiary/aromatic N) is 1. The van der Waals surface area contributed by atoms with Crippen molar-refractivity contribution in [2.75, 3.05) is 7.11 Å². The van der Waals surface area contributed by atoms with Crippen LogP contribution in [0.5, 0.6) is 5.75 Å². The second-order valence-corrected chi connectivity index (χ2v) is 6.24. The molecule has 1 aliphatic heterocycles. The third-order valence-corrected chi connectivity index (χ3v) is 4.47. The highest BCUT2D eigenvalue weighted by atomic mass is 31.2. The Bertz CT molecular complexity index is 722. The highest BCUT2D eigenvalue weighted by molar-refractivity contribution is 7.53. The summed E-state index contributed by atoms with van der Waals surface area (Å²) in [6.07, 6.45) is 0. The molecule has 1 aliphatic rings. The minimum atomic E-state index is -3.47. The SMILES string of the molecule is COP1(=O)N=C(c2ccc(C)cc2)c2ccccc2O1. The fourth-order valence-electron chi connectivity index (χ4n) is 2.07. The van der Waals surface area contributed by atoms with E-state index in [0.29, 0.717) is 11.5 Å². The van der Waals surface area contributed by atoms with E-state index in [9.17, 15) is 4.57 Å². The lowest BCUT2D eigenvalue weighted by molar-refractivity contribution is 0.321. The molecule has 2 aromatic carbocycles. The van der Waals surface area contributed by atoms with Crippen molar-refractivity contribution in [3.63, 3.8) is 0 Å². The van der Waals surface area contributed by atoms with E-state index in [2.05, 4.69) is 4.76 Å². The molecule has 0 aromatic heterocycles. The topological polar surface area (TPSA) is 47.9 Å². The molecular weight excluding hydrogens is 273 g/mol. The van der Waals surface area contributed by atoms with Gasteiger partial charge in [-0.25, -0.2) is 4.57 Å². The number of rotatable bonds is 2. The summed E-state index contributed by atoms with van der Waals surface area (Å²) < 4.78 is 26.9. The molecular formula is C15H14NO3P. The molecule has 0 fully saturated rings. The van der Waals surface area contributed by atoms with E-state index in [1.54, 1.807) is 6.07 Å². The number of aryl methyl sites for hydroxylation is 1. The number of para-hydroxylation sites is 1. The minimum Gasteiger partial charge on any atom is -0.407 e. The summed E-state index contributed by atoms with van der Waals surface area (Å²) in [5, 5.41) is 0. The van der Waals surface area contributed by atoms with E-state index in [1.807, 2.05) is 49.4 Å². The molecule has 2 aromatic rings. The molecule has 1 unspecified atom stereocenters. The predicted molar refractivity (Wildman–Crippen MR) is 78.5 cm³/mol. The molecule has 0 amide bonds. The van der Waals surface area contributed by atoms with Crippen molar-refractivity contribution in [3.8, 4) is 5.75 Å². The standard InChI is InChI=1S/C15H14NO3P/c1-11-7-9-12(10-8-11)15-13-5-3-4-6-14(13)19-20(17,16-15)18-2/h3-10H,1-2H3. The fourth-order valence-corrected chi connectivity index (χ4v) is 3.14.